The van der Waals surface area contributed by atoms with Gasteiger partial charge in [-0.15, -0.1) is 11.6 Å². The van der Waals surface area contributed by atoms with Gasteiger partial charge in [-0.2, -0.15) is 0 Å². The van der Waals surface area contributed by atoms with Crippen LogP contribution in [0.15, 0.2) is 12.1 Å². The highest BCUT2D eigenvalue weighted by Gasteiger charge is 2.23. The monoisotopic (exact) mass is 270 g/mol. The third-order valence-corrected chi connectivity index (χ3v) is 3.51. The molecule has 0 amide bonds. The van der Waals surface area contributed by atoms with Crippen LogP contribution < -0.4 is 9.47 Å². The highest BCUT2D eigenvalue weighted by molar-refractivity contribution is 6.17. The fraction of sp³-hybridized carbons (Fsp3) is 0.571. The first kappa shape index (κ1) is 13.5. The zero-order valence-corrected chi connectivity index (χ0v) is 11.6. The van der Waals surface area contributed by atoms with E-state index in [4.69, 9.17) is 25.8 Å². The summed E-state index contributed by atoms with van der Waals surface area (Å²) in [6, 6.07) is 4.01. The zero-order chi connectivity index (χ0) is 13.0. The van der Waals surface area contributed by atoms with Crippen molar-refractivity contribution in [1.82, 2.24) is 0 Å². The van der Waals surface area contributed by atoms with Crippen LogP contribution >= 0.6 is 11.6 Å². The van der Waals surface area contributed by atoms with Gasteiger partial charge in [0, 0.05) is 18.1 Å². The van der Waals surface area contributed by atoms with Crippen molar-refractivity contribution in [2.24, 2.45) is 0 Å². The van der Waals surface area contributed by atoms with E-state index in [2.05, 4.69) is 6.07 Å². The maximum Gasteiger partial charge on any atom is 0.164 e. The van der Waals surface area contributed by atoms with Gasteiger partial charge in [0.05, 0.1) is 20.3 Å². The molecule has 1 heterocycles. The first-order valence-electron chi connectivity index (χ1n) is 6.23. The molecular formula is C14H19ClO3. The first-order chi connectivity index (χ1) is 8.81. The minimum Gasteiger partial charge on any atom is -0.493 e. The smallest absolute Gasteiger partial charge is 0.164 e. The molecule has 2 rings (SSSR count). The van der Waals surface area contributed by atoms with E-state index < -0.39 is 0 Å². The van der Waals surface area contributed by atoms with E-state index in [0.717, 1.165) is 37.4 Å². The number of ether oxygens (including phenoxy) is 3. The Labute approximate surface area is 113 Å². The fourth-order valence-electron chi connectivity index (χ4n) is 2.47. The lowest BCUT2D eigenvalue weighted by Crippen LogP contribution is -2.06. The summed E-state index contributed by atoms with van der Waals surface area (Å²) in [6.45, 7) is 0.766. The topological polar surface area (TPSA) is 27.7 Å². The van der Waals surface area contributed by atoms with Crippen LogP contribution in [0, 0.1) is 0 Å². The molecule has 1 unspecified atom stereocenters. The van der Waals surface area contributed by atoms with E-state index in [9.17, 15) is 0 Å². The van der Waals surface area contributed by atoms with Crippen molar-refractivity contribution in [1.29, 1.82) is 0 Å². The number of hydrogen-bond donors (Lipinski definition) is 0. The van der Waals surface area contributed by atoms with Crippen molar-refractivity contribution in [3.05, 3.63) is 23.3 Å². The predicted molar refractivity (Wildman–Crippen MR) is 71.9 cm³/mol. The summed E-state index contributed by atoms with van der Waals surface area (Å²) in [5, 5.41) is 0. The van der Waals surface area contributed by atoms with Crippen LogP contribution in [0.3, 0.4) is 0 Å². The molecule has 0 saturated carbocycles. The standard InChI is InChI=1S/C14H19ClO3/c1-16-13-6-5-10-11(14(13)17-2)4-3-9-18-12(10)7-8-15/h5-6,12H,3-4,7-9H2,1-2H3. The van der Waals surface area contributed by atoms with E-state index in [0.29, 0.717) is 5.88 Å². The molecule has 1 atom stereocenters. The van der Waals surface area contributed by atoms with Gasteiger partial charge in [-0.1, -0.05) is 6.07 Å². The lowest BCUT2D eigenvalue weighted by Gasteiger charge is -2.20. The van der Waals surface area contributed by atoms with Crippen molar-refractivity contribution >= 4 is 11.6 Å². The molecule has 3 nitrogen and oxygen atoms in total. The average molecular weight is 271 g/mol. The van der Waals surface area contributed by atoms with Crippen molar-refractivity contribution in [3.8, 4) is 11.5 Å². The molecule has 0 bridgehead atoms. The molecule has 0 radical (unpaired) electrons. The molecule has 18 heavy (non-hydrogen) atoms. The molecule has 0 spiro atoms. The lowest BCUT2D eigenvalue weighted by molar-refractivity contribution is 0.0545. The molecule has 0 aliphatic carbocycles. The Hall–Kier alpha value is -0.930. The van der Waals surface area contributed by atoms with E-state index in [1.54, 1.807) is 14.2 Å². The van der Waals surface area contributed by atoms with Crippen molar-refractivity contribution < 1.29 is 14.2 Å². The molecule has 1 aromatic rings. The minimum atomic E-state index is 0.0693. The van der Waals surface area contributed by atoms with E-state index in [1.807, 2.05) is 6.07 Å². The van der Waals surface area contributed by atoms with Crippen LogP contribution in [0.5, 0.6) is 11.5 Å². The summed E-state index contributed by atoms with van der Waals surface area (Å²) < 4.78 is 16.7. The van der Waals surface area contributed by atoms with Gasteiger partial charge in [-0.25, -0.2) is 0 Å². The predicted octanol–water partition coefficient (Wildman–Crippen LogP) is 3.34. The largest absolute Gasteiger partial charge is 0.493 e. The lowest BCUT2D eigenvalue weighted by atomic mass is 9.97. The number of fused-ring (bicyclic) bond motifs is 1. The SMILES string of the molecule is COc1ccc2c(c1OC)CCCOC2CCCl. The summed E-state index contributed by atoms with van der Waals surface area (Å²) in [6.07, 6.45) is 2.84. The molecule has 4 heteroatoms. The molecule has 0 N–H and O–H groups in total. The Morgan fingerprint density at radius 2 is 2.17 bits per heavy atom. The Morgan fingerprint density at radius 1 is 1.33 bits per heavy atom. The van der Waals surface area contributed by atoms with Gasteiger partial charge in [0.2, 0.25) is 0 Å². The summed E-state index contributed by atoms with van der Waals surface area (Å²) in [5.41, 5.74) is 2.38. The molecule has 0 fully saturated rings. The number of benzene rings is 1. The minimum absolute atomic E-state index is 0.0693. The molecular weight excluding hydrogens is 252 g/mol. The normalized spacial score (nSPS) is 18.9. The fourth-order valence-corrected chi connectivity index (χ4v) is 2.67. The van der Waals surface area contributed by atoms with Crippen molar-refractivity contribution in [2.45, 2.75) is 25.4 Å². The van der Waals surface area contributed by atoms with E-state index in [1.165, 1.54) is 11.1 Å². The van der Waals surface area contributed by atoms with Gasteiger partial charge in [-0.3, -0.25) is 0 Å². The Bertz CT molecular complexity index is 406. The van der Waals surface area contributed by atoms with Gasteiger partial charge in [0.1, 0.15) is 0 Å². The number of methoxy groups -OCH3 is 2. The van der Waals surface area contributed by atoms with Crippen molar-refractivity contribution in [2.75, 3.05) is 26.7 Å². The second-order valence-corrected chi connectivity index (χ2v) is 4.69. The van der Waals surface area contributed by atoms with Crippen LogP contribution in [0.4, 0.5) is 0 Å². The van der Waals surface area contributed by atoms with Gasteiger partial charge < -0.3 is 14.2 Å². The molecule has 100 valence electrons. The van der Waals surface area contributed by atoms with Gasteiger partial charge >= 0.3 is 0 Å². The number of alkyl halides is 1. The summed E-state index contributed by atoms with van der Waals surface area (Å²) in [7, 11) is 3.34. The van der Waals surface area contributed by atoms with Crippen LogP contribution in [0.25, 0.3) is 0 Å². The Kier molecular flexibility index (Phi) is 4.72. The van der Waals surface area contributed by atoms with Gasteiger partial charge in [0.15, 0.2) is 11.5 Å². The third-order valence-electron chi connectivity index (χ3n) is 3.29. The van der Waals surface area contributed by atoms with Gasteiger partial charge in [-0.05, 0) is 30.9 Å². The summed E-state index contributed by atoms with van der Waals surface area (Å²) in [4.78, 5) is 0. The highest BCUT2D eigenvalue weighted by atomic mass is 35.5. The first-order valence-corrected chi connectivity index (χ1v) is 6.76. The Morgan fingerprint density at radius 3 is 2.83 bits per heavy atom. The second kappa shape index (κ2) is 6.30. The maximum absolute atomic E-state index is 5.86. The average Bonchev–Trinajstić information content (AvgIpc) is 2.60. The van der Waals surface area contributed by atoms with E-state index in [-0.39, 0.29) is 6.10 Å². The number of hydrogen-bond acceptors (Lipinski definition) is 3. The molecule has 1 aliphatic heterocycles. The number of halogens is 1. The van der Waals surface area contributed by atoms with Crippen LogP contribution in [-0.4, -0.2) is 26.7 Å². The number of rotatable bonds is 4. The third kappa shape index (κ3) is 2.57. The van der Waals surface area contributed by atoms with Gasteiger partial charge in [0.25, 0.3) is 0 Å². The van der Waals surface area contributed by atoms with E-state index >= 15 is 0 Å². The zero-order valence-electron chi connectivity index (χ0n) is 10.9. The summed E-state index contributed by atoms with van der Waals surface area (Å²) >= 11 is 5.85. The summed E-state index contributed by atoms with van der Waals surface area (Å²) in [5.74, 6) is 2.21. The molecule has 0 saturated heterocycles. The van der Waals surface area contributed by atoms with Crippen LogP contribution in [0.1, 0.15) is 30.1 Å². The maximum atomic E-state index is 5.86. The van der Waals surface area contributed by atoms with Crippen molar-refractivity contribution in [3.63, 3.8) is 0 Å². The molecule has 1 aliphatic rings. The van der Waals surface area contributed by atoms with Crippen LogP contribution in [0.2, 0.25) is 0 Å². The molecule has 0 aromatic heterocycles. The highest BCUT2D eigenvalue weighted by Crippen LogP contribution is 2.40. The second-order valence-electron chi connectivity index (χ2n) is 4.31. The molecule has 1 aromatic carbocycles. The quantitative estimate of drug-likeness (QED) is 0.786. The van der Waals surface area contributed by atoms with Crippen LogP contribution in [-0.2, 0) is 11.2 Å². The Balaban J connectivity index is 2.46.